The molecule has 3 heterocycles. The fourth-order valence-electron chi connectivity index (χ4n) is 4.18. The van der Waals surface area contributed by atoms with Gasteiger partial charge in [0.25, 0.3) is 5.03 Å². The second kappa shape index (κ2) is 11.0. The van der Waals surface area contributed by atoms with Crippen molar-refractivity contribution in [3.8, 4) is 23.5 Å². The summed E-state index contributed by atoms with van der Waals surface area (Å²) in [5.41, 5.74) is 3.39. The summed E-state index contributed by atoms with van der Waals surface area (Å²) >= 11 is 2.47. The normalized spacial score (nSPS) is 13.1. The highest BCUT2D eigenvalue weighted by molar-refractivity contribution is 7.99. The van der Waals surface area contributed by atoms with Crippen LogP contribution in [0.15, 0.2) is 64.1 Å². The topological polar surface area (TPSA) is 118 Å². The highest BCUT2D eigenvalue weighted by Crippen LogP contribution is 2.37. The van der Waals surface area contributed by atoms with Gasteiger partial charge in [-0.2, -0.15) is 5.26 Å². The van der Waals surface area contributed by atoms with Crippen molar-refractivity contribution in [1.82, 2.24) is 10.2 Å². The van der Waals surface area contributed by atoms with Gasteiger partial charge in [-0.1, -0.05) is 30.3 Å². The predicted molar refractivity (Wildman–Crippen MR) is 137 cm³/mol. The molecule has 1 aliphatic heterocycles. The zero-order valence-corrected chi connectivity index (χ0v) is 21.6. The standard InChI is InChI=1S/C26H23N5O4S2/c1-34-19-9-7-18(8-10-19)31-25(26(33)35-29-31)36-16-23(32)28-24-21(13-27)20-11-12-30(15-22(20)37-24)14-17-5-3-2-4-6-17/h2-10H,11-12,14-16H2,1H3,(H-,28,29,32,33). The van der Waals surface area contributed by atoms with E-state index >= 15 is 0 Å². The van der Waals surface area contributed by atoms with Crippen molar-refractivity contribution in [2.24, 2.45) is 0 Å². The second-order valence-corrected chi connectivity index (χ2v) is 10.4. The summed E-state index contributed by atoms with van der Waals surface area (Å²) in [6.07, 6.45) is 0.758. The summed E-state index contributed by atoms with van der Waals surface area (Å²) < 4.78 is 11.3. The van der Waals surface area contributed by atoms with Crippen molar-refractivity contribution in [1.29, 1.82) is 5.26 Å². The van der Waals surface area contributed by atoms with Gasteiger partial charge in [0.15, 0.2) is 5.95 Å². The van der Waals surface area contributed by atoms with E-state index in [2.05, 4.69) is 33.7 Å². The number of nitrogens with zero attached hydrogens (tertiary/aromatic N) is 4. The molecule has 1 aliphatic rings. The van der Waals surface area contributed by atoms with Crippen molar-refractivity contribution in [2.75, 3.05) is 24.7 Å². The van der Waals surface area contributed by atoms with E-state index in [0.717, 1.165) is 48.3 Å². The smallest absolute Gasteiger partial charge is 0.298 e. The number of hydrogen-bond donors (Lipinski definition) is 1. The van der Waals surface area contributed by atoms with E-state index in [-0.39, 0.29) is 16.7 Å². The van der Waals surface area contributed by atoms with Crippen molar-refractivity contribution in [3.05, 3.63) is 76.2 Å². The number of rotatable bonds is 8. The molecule has 5 rings (SSSR count). The molecule has 0 atom stereocenters. The Morgan fingerprint density at radius 3 is 2.81 bits per heavy atom. The first-order valence-electron chi connectivity index (χ1n) is 11.5. The third kappa shape index (κ3) is 5.46. The minimum atomic E-state index is -0.628. The number of methoxy groups -OCH3 is 1. The quantitative estimate of drug-likeness (QED) is 0.271. The van der Waals surface area contributed by atoms with Crippen LogP contribution in [-0.4, -0.2) is 35.5 Å². The van der Waals surface area contributed by atoms with Crippen LogP contribution in [0.25, 0.3) is 5.69 Å². The van der Waals surface area contributed by atoms with E-state index in [1.165, 1.54) is 21.6 Å². The monoisotopic (exact) mass is 533 g/mol. The number of carbonyl (C=O) groups is 1. The predicted octanol–water partition coefficient (Wildman–Crippen LogP) is 3.26. The summed E-state index contributed by atoms with van der Waals surface area (Å²) in [4.78, 5) is 16.3. The molecule has 1 N–H and O–H groups in total. The lowest BCUT2D eigenvalue weighted by Crippen LogP contribution is -2.35. The number of fused-ring (bicyclic) bond motifs is 1. The van der Waals surface area contributed by atoms with Crippen LogP contribution in [0.1, 0.15) is 21.6 Å². The number of thiophene rings is 1. The summed E-state index contributed by atoms with van der Waals surface area (Å²) in [6, 6.07) is 19.5. The lowest BCUT2D eigenvalue weighted by Gasteiger charge is -2.26. The molecule has 11 heteroatoms. The molecule has 0 spiro atoms. The molecule has 2 aromatic heterocycles. The van der Waals surface area contributed by atoms with Gasteiger partial charge in [-0.3, -0.25) is 9.69 Å². The number of amides is 1. The largest absolute Gasteiger partial charge is 0.538 e. The molecule has 0 saturated heterocycles. The second-order valence-electron chi connectivity index (χ2n) is 8.38. The minimum absolute atomic E-state index is 0.0415. The number of carbonyl (C=O) groups excluding carboxylic acids is 1. The number of hydrogen-bond acceptors (Lipinski definition) is 9. The van der Waals surface area contributed by atoms with E-state index in [1.54, 1.807) is 31.4 Å². The van der Waals surface area contributed by atoms with Crippen LogP contribution >= 0.6 is 23.1 Å². The van der Waals surface area contributed by atoms with Crippen molar-refractivity contribution < 1.29 is 23.8 Å². The summed E-state index contributed by atoms with van der Waals surface area (Å²) in [5.74, 6) is -0.321. The van der Waals surface area contributed by atoms with Crippen LogP contribution in [0.5, 0.6) is 11.7 Å². The molecule has 0 unspecified atom stereocenters. The lowest BCUT2D eigenvalue weighted by molar-refractivity contribution is -0.705. The van der Waals surface area contributed by atoms with E-state index in [4.69, 9.17) is 9.26 Å². The van der Waals surface area contributed by atoms with Crippen LogP contribution in [0.3, 0.4) is 0 Å². The first-order chi connectivity index (χ1) is 18.1. The molecule has 4 aromatic rings. The van der Waals surface area contributed by atoms with E-state index < -0.39 is 5.95 Å². The van der Waals surface area contributed by atoms with Gasteiger partial charge in [0.2, 0.25) is 11.6 Å². The Hall–Kier alpha value is -3.85. The fourth-order valence-corrected chi connectivity index (χ4v) is 6.20. The summed E-state index contributed by atoms with van der Waals surface area (Å²) in [5, 5.41) is 29.4. The van der Waals surface area contributed by atoms with Crippen LogP contribution in [0.2, 0.25) is 0 Å². The van der Waals surface area contributed by atoms with Crippen molar-refractivity contribution in [2.45, 2.75) is 24.5 Å². The van der Waals surface area contributed by atoms with Crippen LogP contribution in [0, 0.1) is 11.3 Å². The number of aromatic nitrogens is 2. The Morgan fingerprint density at radius 2 is 2.08 bits per heavy atom. The highest BCUT2D eigenvalue weighted by atomic mass is 32.2. The van der Waals surface area contributed by atoms with Gasteiger partial charge in [-0.25, -0.2) is 0 Å². The lowest BCUT2D eigenvalue weighted by atomic mass is 10.0. The number of nitrogens with one attached hydrogen (secondary N) is 1. The molecular weight excluding hydrogens is 510 g/mol. The Labute approximate surface area is 221 Å². The zero-order chi connectivity index (χ0) is 25.8. The maximum Gasteiger partial charge on any atom is 0.298 e. The number of thioether (sulfide) groups is 1. The molecule has 0 saturated carbocycles. The Morgan fingerprint density at radius 1 is 1.30 bits per heavy atom. The molecule has 0 fully saturated rings. The van der Waals surface area contributed by atoms with Gasteiger partial charge in [0, 0.05) is 36.6 Å². The number of ether oxygens (including phenoxy) is 1. The third-order valence-electron chi connectivity index (χ3n) is 5.98. The SMILES string of the molecule is COc1ccc(-[n+]2noc([O-])c2SCC(=O)Nc2sc3c(c2C#N)CCN(Cc2ccccc2)C3)cc1. The Bertz CT molecular complexity index is 1440. The van der Waals surface area contributed by atoms with E-state index in [9.17, 15) is 15.2 Å². The average Bonchev–Trinajstić information content (AvgIpc) is 3.46. The first kappa shape index (κ1) is 24.8. The molecule has 9 nitrogen and oxygen atoms in total. The molecule has 1 amide bonds. The summed E-state index contributed by atoms with van der Waals surface area (Å²) in [6.45, 7) is 2.42. The maximum absolute atomic E-state index is 12.8. The minimum Gasteiger partial charge on any atom is -0.538 e. The molecular formula is C26H23N5O4S2. The Balaban J connectivity index is 1.25. The van der Waals surface area contributed by atoms with E-state index in [0.29, 0.717) is 22.0 Å². The molecule has 188 valence electrons. The average molecular weight is 534 g/mol. The van der Waals surface area contributed by atoms with Gasteiger partial charge in [0.1, 0.15) is 16.8 Å². The molecule has 0 bridgehead atoms. The molecule has 0 aliphatic carbocycles. The van der Waals surface area contributed by atoms with Crippen LogP contribution < -0.4 is 19.8 Å². The van der Waals surface area contributed by atoms with Gasteiger partial charge in [-0.15, -0.1) is 11.3 Å². The van der Waals surface area contributed by atoms with Gasteiger partial charge >= 0.3 is 0 Å². The maximum atomic E-state index is 12.8. The number of nitriles is 1. The van der Waals surface area contributed by atoms with Crippen molar-refractivity contribution >= 4 is 34.0 Å². The Kier molecular flexibility index (Phi) is 7.41. The number of benzene rings is 2. The number of anilines is 1. The summed E-state index contributed by atoms with van der Waals surface area (Å²) in [7, 11) is 1.57. The fraction of sp³-hybridized carbons (Fsp3) is 0.231. The van der Waals surface area contributed by atoms with Gasteiger partial charge < -0.3 is 19.7 Å². The molecule has 37 heavy (non-hydrogen) atoms. The highest BCUT2D eigenvalue weighted by Gasteiger charge is 2.26. The molecule has 0 radical (unpaired) electrons. The first-order valence-corrected chi connectivity index (χ1v) is 13.3. The van der Waals surface area contributed by atoms with Crippen LogP contribution in [-0.2, 0) is 24.3 Å². The van der Waals surface area contributed by atoms with Gasteiger partial charge in [-0.05, 0) is 46.1 Å². The van der Waals surface area contributed by atoms with E-state index in [1.807, 2.05) is 18.2 Å². The van der Waals surface area contributed by atoms with Crippen molar-refractivity contribution in [3.63, 3.8) is 0 Å². The third-order valence-corrected chi connectivity index (χ3v) is 8.13. The molecule has 2 aromatic carbocycles. The zero-order valence-electron chi connectivity index (χ0n) is 20.0. The van der Waals surface area contributed by atoms with Crippen LogP contribution in [0.4, 0.5) is 5.00 Å². The van der Waals surface area contributed by atoms with Gasteiger partial charge in [0.05, 0.1) is 23.7 Å².